The Morgan fingerprint density at radius 2 is 0.465 bits per heavy atom. The number of hydrogen-bond acceptors (Lipinski definition) is 23. The van der Waals surface area contributed by atoms with Crippen LogP contribution in [0.2, 0.25) is 0 Å². The van der Waals surface area contributed by atoms with Crippen LogP contribution < -0.4 is 120 Å². The van der Waals surface area contributed by atoms with Crippen LogP contribution in [0.25, 0.3) is 0 Å². The van der Waals surface area contributed by atoms with Gasteiger partial charge in [-0.3, -0.25) is 76.7 Å². The maximum Gasteiger partial charge on any atom is 0.245 e. The average Bonchev–Trinajstić information content (AvgIpc) is 1.71. The lowest BCUT2D eigenvalue weighted by atomic mass is 9.98. The summed E-state index contributed by atoms with van der Waals surface area (Å²) in [5.41, 5.74) is 46.4. The predicted octanol–water partition coefficient (Wildman–Crippen LogP) is -0.531. The normalized spacial score (nSPS) is 16.1. The highest BCUT2D eigenvalue weighted by Crippen LogP contribution is 2.23. The monoisotopic (exact) mass is 1800 g/mol. The Balaban J connectivity index is 3.71. The van der Waals surface area contributed by atoms with Crippen molar-refractivity contribution in [3.8, 4) is 0 Å². The maximum atomic E-state index is 15.1. The Bertz CT molecular complexity index is 3370. The van der Waals surface area contributed by atoms with E-state index in [2.05, 4.69) is 74.4 Å². The molecule has 0 aromatic heterocycles. The summed E-state index contributed by atoms with van der Waals surface area (Å²) in [7, 11) is 0. The van der Waals surface area contributed by atoms with E-state index in [1.165, 1.54) is 18.7 Å². The standard InChI is InChI=1S/C88H167N23O16/c1-52(2)46-67(81(120)99-60(74(96)113)30-15-22-38-89)105-75(114)58(13)97-76(115)62(32-17-24-40-91)101-84(123)72(51-57(11)12)110-87(126)73-37-29-45-111(73)88(127)66(36-21-28-44-95)104-78(117)63(33-18-25-41-92)102-82(121)68(47-53(3)4)108-86(125)71(50-56(9)10)107-80(119)65(35-20-27-43-94)103-83(122)69(48-54(5)6)109-85(124)70(49-55(7)8)106-79(118)64(34-19-26-42-93)100-77(116)61(98-59(14)112)31-16-23-39-90/h52-58,60-73H,15-51,89-95H2,1-14H3,(H2,96,113)(H,97,115)(H,98,112)(H,99,120)(H,100,116)(H,101,123)(H,102,121)(H,103,122)(H,104,117)(H,105,114)(H,106,118)(H,107,119)(H,108,125)(H,109,124)(H,110,126)/t58-,60-,61-,62-,63-,64-,65-,66-,67-,68-,69-,70-,71-,72-,73-/m0/s1. The zero-order valence-corrected chi connectivity index (χ0v) is 78.9. The highest BCUT2D eigenvalue weighted by atomic mass is 16.2. The van der Waals surface area contributed by atoms with Crippen molar-refractivity contribution < 1.29 is 76.7 Å². The summed E-state index contributed by atoms with van der Waals surface area (Å²) in [4.78, 5) is 229. The number of nitrogens with two attached hydrogens (primary N) is 8. The third-order valence-electron chi connectivity index (χ3n) is 21.8. The van der Waals surface area contributed by atoms with Crippen molar-refractivity contribution in [2.75, 3.05) is 52.4 Å². The fourth-order valence-electron chi connectivity index (χ4n) is 15.0. The topological polar surface area (TPSA) is 653 Å². The summed E-state index contributed by atoms with van der Waals surface area (Å²) in [6.45, 7) is 26.9. The van der Waals surface area contributed by atoms with Crippen molar-refractivity contribution in [3.63, 3.8) is 0 Å². The molecule has 16 amide bonds. The number of carbonyl (C=O) groups excluding carboxylic acids is 16. The molecule has 39 heteroatoms. The average molecular weight is 1800 g/mol. The third kappa shape index (κ3) is 47.9. The number of unbranched alkanes of at least 4 members (excludes halogenated alkanes) is 7. The number of carbonyl (C=O) groups is 16. The van der Waals surface area contributed by atoms with Crippen LogP contribution in [0.1, 0.15) is 283 Å². The third-order valence-corrected chi connectivity index (χ3v) is 21.8. The molecule has 0 aliphatic carbocycles. The molecule has 0 spiro atoms. The van der Waals surface area contributed by atoms with Crippen LogP contribution in [0, 0.1) is 35.5 Å². The number of nitrogens with zero attached hydrogens (tertiary/aromatic N) is 1. The van der Waals surface area contributed by atoms with Crippen molar-refractivity contribution in [3.05, 3.63) is 0 Å². The van der Waals surface area contributed by atoms with Crippen LogP contribution in [0.15, 0.2) is 0 Å². The largest absolute Gasteiger partial charge is 0.368 e. The molecule has 1 fully saturated rings. The number of nitrogens with one attached hydrogen (secondary N) is 14. The molecule has 15 atom stereocenters. The van der Waals surface area contributed by atoms with Crippen LogP contribution in [0.4, 0.5) is 0 Å². The van der Waals surface area contributed by atoms with Gasteiger partial charge in [-0.25, -0.2) is 0 Å². The molecule has 0 saturated carbocycles. The molecular weight excluding hydrogens is 1640 g/mol. The number of primary amides is 1. The van der Waals surface area contributed by atoms with Crippen LogP contribution in [0.3, 0.4) is 0 Å². The molecule has 39 nitrogen and oxygen atoms in total. The van der Waals surface area contributed by atoms with Gasteiger partial charge in [-0.05, 0) is 274 Å². The van der Waals surface area contributed by atoms with Gasteiger partial charge in [-0.15, -0.1) is 0 Å². The van der Waals surface area contributed by atoms with Crippen LogP contribution >= 0.6 is 0 Å². The van der Waals surface area contributed by atoms with Crippen LogP contribution in [-0.4, -0.2) is 242 Å². The van der Waals surface area contributed by atoms with Crippen molar-refractivity contribution in [2.24, 2.45) is 81.4 Å². The van der Waals surface area contributed by atoms with E-state index in [4.69, 9.17) is 45.9 Å². The van der Waals surface area contributed by atoms with Gasteiger partial charge in [0.1, 0.15) is 90.6 Å². The van der Waals surface area contributed by atoms with Gasteiger partial charge in [0, 0.05) is 13.5 Å². The van der Waals surface area contributed by atoms with Gasteiger partial charge in [-0.2, -0.15) is 0 Å². The zero-order valence-electron chi connectivity index (χ0n) is 78.9. The molecule has 0 aromatic rings. The Morgan fingerprint density at radius 1 is 0.260 bits per heavy atom. The molecule has 0 radical (unpaired) electrons. The van der Waals surface area contributed by atoms with Gasteiger partial charge in [0.05, 0.1) is 0 Å². The number of hydrogen-bond donors (Lipinski definition) is 22. The SMILES string of the molecule is CC(=O)N[C@@H](CCCCN)C(=O)N[C@@H](CCCCN)C(=O)N[C@@H](CC(C)C)C(=O)N[C@@H](CC(C)C)C(=O)N[C@@H](CCCCN)C(=O)N[C@@H](CC(C)C)C(=O)N[C@@H](CC(C)C)C(=O)N[C@@H](CCCCN)C(=O)N[C@@H](CCCCN)C(=O)N1CCC[C@H]1C(=O)N[C@@H](CC(C)C)C(=O)N[C@@H](CCCCN)C(=O)N[C@@H](C)C(=O)N[C@@H](CC(C)C)C(=O)N[C@@H](CCCCN)C(N)=O. The first kappa shape index (κ1) is 116. The fourth-order valence-corrected chi connectivity index (χ4v) is 15.0. The van der Waals surface area contributed by atoms with Gasteiger partial charge in [-0.1, -0.05) is 83.1 Å². The van der Waals surface area contributed by atoms with E-state index in [1.54, 1.807) is 0 Å². The number of amides is 16. The minimum atomic E-state index is -1.31. The smallest absolute Gasteiger partial charge is 0.245 e. The number of rotatable bonds is 69. The molecule has 1 heterocycles. The lowest BCUT2D eigenvalue weighted by molar-refractivity contribution is -0.143. The van der Waals surface area contributed by atoms with Gasteiger partial charge in [0.25, 0.3) is 0 Å². The minimum absolute atomic E-state index is 0.0349. The van der Waals surface area contributed by atoms with Gasteiger partial charge in [0.2, 0.25) is 94.5 Å². The minimum Gasteiger partial charge on any atom is -0.368 e. The van der Waals surface area contributed by atoms with Crippen molar-refractivity contribution in [2.45, 2.75) is 374 Å². The molecule has 1 aliphatic heterocycles. The first-order chi connectivity index (χ1) is 60.0. The van der Waals surface area contributed by atoms with E-state index in [0.29, 0.717) is 116 Å². The Kier molecular flexibility index (Phi) is 59.4. The summed E-state index contributed by atoms with van der Waals surface area (Å²) < 4.78 is 0. The van der Waals surface area contributed by atoms with Gasteiger partial charge in [0.15, 0.2) is 0 Å². The van der Waals surface area contributed by atoms with E-state index in [1.807, 2.05) is 83.1 Å². The highest BCUT2D eigenvalue weighted by molar-refractivity contribution is 6.01. The zero-order chi connectivity index (χ0) is 96.0. The van der Waals surface area contributed by atoms with Crippen LogP contribution in [-0.2, 0) is 76.7 Å². The molecule has 730 valence electrons. The maximum absolute atomic E-state index is 15.1. The van der Waals surface area contributed by atoms with E-state index in [9.17, 15) is 71.9 Å². The van der Waals surface area contributed by atoms with E-state index in [-0.39, 0.29) is 158 Å². The highest BCUT2D eigenvalue weighted by Gasteiger charge is 2.42. The quantitative estimate of drug-likeness (QED) is 0.0340. The van der Waals surface area contributed by atoms with Crippen molar-refractivity contribution in [1.82, 2.24) is 79.3 Å². The Morgan fingerprint density at radius 3 is 0.717 bits per heavy atom. The molecule has 0 bridgehead atoms. The van der Waals surface area contributed by atoms with E-state index >= 15 is 4.79 Å². The second-order valence-corrected chi connectivity index (χ2v) is 36.6. The molecule has 0 aromatic carbocycles. The summed E-state index contributed by atoms with van der Waals surface area (Å²) in [5.74, 6) is -12.2. The van der Waals surface area contributed by atoms with E-state index in [0.717, 1.165) is 0 Å². The first-order valence-corrected chi connectivity index (χ1v) is 46.8. The Hall–Kier alpha value is -8.76. The van der Waals surface area contributed by atoms with Gasteiger partial charge >= 0.3 is 0 Å². The summed E-state index contributed by atoms with van der Waals surface area (Å²) >= 11 is 0. The second-order valence-electron chi connectivity index (χ2n) is 36.6. The molecule has 0 unspecified atom stereocenters. The van der Waals surface area contributed by atoms with Crippen molar-refractivity contribution in [1.29, 1.82) is 0 Å². The summed E-state index contributed by atoms with van der Waals surface area (Å²) in [6.07, 6.45) is 8.41. The van der Waals surface area contributed by atoms with Gasteiger partial charge < -0.3 is 125 Å². The molecule has 1 saturated heterocycles. The number of likely N-dealkylation sites (tertiary alicyclic amines) is 1. The molecule has 30 N–H and O–H groups in total. The second kappa shape index (κ2) is 64.9. The lowest BCUT2D eigenvalue weighted by Crippen LogP contribution is -2.61. The molecule has 1 rings (SSSR count). The fraction of sp³-hybridized carbons (Fsp3) is 0.818. The molecule has 127 heavy (non-hydrogen) atoms. The summed E-state index contributed by atoms with van der Waals surface area (Å²) in [5, 5.41) is 39.0. The first-order valence-electron chi connectivity index (χ1n) is 46.8. The molecular formula is C88H167N23O16. The lowest BCUT2D eigenvalue weighted by Gasteiger charge is -2.31. The predicted molar refractivity (Wildman–Crippen MR) is 489 cm³/mol. The van der Waals surface area contributed by atoms with Crippen LogP contribution in [0.5, 0.6) is 0 Å². The van der Waals surface area contributed by atoms with Crippen molar-refractivity contribution >= 4 is 94.5 Å². The molecule has 1 aliphatic rings. The van der Waals surface area contributed by atoms with E-state index < -0.39 is 185 Å². The Labute approximate surface area is 754 Å². The summed E-state index contributed by atoms with van der Waals surface area (Å²) in [6, 6.07) is -18.0.